The maximum atomic E-state index is 11.8. The highest BCUT2D eigenvalue weighted by molar-refractivity contribution is 7.89. The molecule has 0 spiro atoms. The molecular weight excluding hydrogens is 290 g/mol. The van der Waals surface area contributed by atoms with E-state index in [9.17, 15) is 17.4 Å². The predicted octanol–water partition coefficient (Wildman–Crippen LogP) is -0.0295. The molecule has 0 aromatic heterocycles. The second-order valence-corrected chi connectivity index (χ2v) is 7.21. The fourth-order valence-electron chi connectivity index (χ4n) is 1.36. The number of benzene rings is 1. The number of aliphatic carboxylic acids is 1. The third-order valence-electron chi connectivity index (χ3n) is 2.27. The van der Waals surface area contributed by atoms with Gasteiger partial charge in [0.15, 0.2) is 0 Å². The van der Waals surface area contributed by atoms with Crippen LogP contribution in [0.3, 0.4) is 0 Å². The van der Waals surface area contributed by atoms with E-state index < -0.39 is 26.8 Å². The Labute approximate surface area is 114 Å². The van der Waals surface area contributed by atoms with E-state index in [1.54, 1.807) is 0 Å². The third kappa shape index (κ3) is 5.50. The van der Waals surface area contributed by atoms with Crippen molar-refractivity contribution < 1.29 is 22.5 Å². The van der Waals surface area contributed by atoms with Gasteiger partial charge in [-0.1, -0.05) is 12.1 Å². The molecule has 0 aliphatic rings. The Bertz CT molecular complexity index is 565. The van der Waals surface area contributed by atoms with Crippen LogP contribution in [0.2, 0.25) is 0 Å². The molecule has 0 aliphatic carbocycles. The lowest BCUT2D eigenvalue weighted by Crippen LogP contribution is -2.27. The average molecular weight is 305 g/mol. The average Bonchev–Trinajstić information content (AvgIpc) is 2.28. The highest BCUT2D eigenvalue weighted by Crippen LogP contribution is 2.10. The molecule has 2 N–H and O–H groups in total. The summed E-state index contributed by atoms with van der Waals surface area (Å²) in [5, 5.41) is 8.60. The SMILES string of the molecule is CS(=O)CCNS(=O)(=O)c1ccc(CC(=O)O)cc1. The summed E-state index contributed by atoms with van der Waals surface area (Å²) in [6.07, 6.45) is 1.34. The summed E-state index contributed by atoms with van der Waals surface area (Å²) >= 11 is 0. The van der Waals surface area contributed by atoms with Gasteiger partial charge in [-0.2, -0.15) is 0 Å². The number of nitrogens with one attached hydrogen (secondary N) is 1. The second-order valence-electron chi connectivity index (χ2n) is 3.89. The van der Waals surface area contributed by atoms with Gasteiger partial charge in [-0.05, 0) is 17.7 Å². The Morgan fingerprint density at radius 2 is 1.89 bits per heavy atom. The van der Waals surface area contributed by atoms with E-state index in [0.29, 0.717) is 5.56 Å². The van der Waals surface area contributed by atoms with Crippen LogP contribution in [0, 0.1) is 0 Å². The maximum Gasteiger partial charge on any atom is 0.307 e. The fraction of sp³-hybridized carbons (Fsp3) is 0.364. The molecule has 0 fully saturated rings. The van der Waals surface area contributed by atoms with Crippen LogP contribution >= 0.6 is 0 Å². The van der Waals surface area contributed by atoms with Gasteiger partial charge in [-0.25, -0.2) is 13.1 Å². The van der Waals surface area contributed by atoms with Crippen molar-refractivity contribution >= 4 is 26.8 Å². The minimum Gasteiger partial charge on any atom is -0.481 e. The zero-order valence-corrected chi connectivity index (χ0v) is 12.0. The molecule has 6 nitrogen and oxygen atoms in total. The number of carbonyl (C=O) groups is 1. The Balaban J connectivity index is 2.73. The zero-order chi connectivity index (χ0) is 14.5. The first kappa shape index (κ1) is 15.8. The molecule has 0 saturated heterocycles. The van der Waals surface area contributed by atoms with Gasteiger partial charge in [-0.15, -0.1) is 0 Å². The largest absolute Gasteiger partial charge is 0.481 e. The molecule has 0 radical (unpaired) electrons. The van der Waals surface area contributed by atoms with Crippen LogP contribution in [0.5, 0.6) is 0 Å². The Morgan fingerprint density at radius 1 is 1.32 bits per heavy atom. The van der Waals surface area contributed by atoms with Crippen molar-refractivity contribution in [3.05, 3.63) is 29.8 Å². The third-order valence-corrected chi connectivity index (χ3v) is 4.53. The summed E-state index contributed by atoms with van der Waals surface area (Å²) in [6, 6.07) is 5.62. The van der Waals surface area contributed by atoms with E-state index in [1.807, 2.05) is 0 Å². The summed E-state index contributed by atoms with van der Waals surface area (Å²) in [7, 11) is -4.69. The van der Waals surface area contributed by atoms with Gasteiger partial charge in [0, 0.05) is 29.4 Å². The first-order valence-corrected chi connectivity index (χ1v) is 8.63. The number of hydrogen-bond acceptors (Lipinski definition) is 4. The standard InChI is InChI=1S/C11H15NO5S2/c1-18(15)7-6-12-19(16,17)10-4-2-9(3-5-10)8-11(13)14/h2-5,12H,6-8H2,1H3,(H,13,14). The molecule has 0 saturated carbocycles. The number of rotatable bonds is 7. The van der Waals surface area contributed by atoms with Crippen LogP contribution in [0.25, 0.3) is 0 Å². The fourth-order valence-corrected chi connectivity index (χ4v) is 2.91. The predicted molar refractivity (Wildman–Crippen MR) is 71.9 cm³/mol. The van der Waals surface area contributed by atoms with Crippen LogP contribution in [0.1, 0.15) is 5.56 Å². The highest BCUT2D eigenvalue weighted by atomic mass is 32.2. The Kier molecular flexibility index (Phi) is 5.64. The summed E-state index contributed by atoms with van der Waals surface area (Å²) < 4.78 is 36.8. The van der Waals surface area contributed by atoms with Crippen LogP contribution in [-0.2, 0) is 32.0 Å². The number of hydrogen-bond donors (Lipinski definition) is 2. The summed E-state index contributed by atoms with van der Waals surface area (Å²) in [4.78, 5) is 10.6. The first-order valence-electron chi connectivity index (χ1n) is 5.41. The second kappa shape index (κ2) is 6.78. The summed E-state index contributed by atoms with van der Waals surface area (Å²) in [6.45, 7) is 0.0995. The minimum absolute atomic E-state index is 0.0588. The van der Waals surface area contributed by atoms with Gasteiger partial charge >= 0.3 is 5.97 Å². The molecule has 106 valence electrons. The van der Waals surface area contributed by atoms with Crippen molar-refractivity contribution in [2.75, 3.05) is 18.6 Å². The molecular formula is C11H15NO5S2. The van der Waals surface area contributed by atoms with E-state index in [1.165, 1.54) is 30.5 Å². The molecule has 8 heteroatoms. The van der Waals surface area contributed by atoms with Crippen molar-refractivity contribution in [1.29, 1.82) is 0 Å². The van der Waals surface area contributed by atoms with Gasteiger partial charge in [0.1, 0.15) is 0 Å². The van der Waals surface area contributed by atoms with Crippen LogP contribution in [-0.4, -0.2) is 42.3 Å². The van der Waals surface area contributed by atoms with Gasteiger partial charge in [-0.3, -0.25) is 9.00 Å². The van der Waals surface area contributed by atoms with E-state index >= 15 is 0 Å². The smallest absolute Gasteiger partial charge is 0.307 e. The molecule has 19 heavy (non-hydrogen) atoms. The van der Waals surface area contributed by atoms with Gasteiger partial charge in [0.25, 0.3) is 0 Å². The van der Waals surface area contributed by atoms with Gasteiger partial charge in [0.05, 0.1) is 11.3 Å². The van der Waals surface area contributed by atoms with Gasteiger partial charge < -0.3 is 5.11 Å². The van der Waals surface area contributed by atoms with Crippen molar-refractivity contribution in [1.82, 2.24) is 4.72 Å². The van der Waals surface area contributed by atoms with E-state index in [0.717, 1.165) is 0 Å². The lowest BCUT2D eigenvalue weighted by atomic mass is 10.2. The molecule has 0 aliphatic heterocycles. The van der Waals surface area contributed by atoms with E-state index in [-0.39, 0.29) is 23.6 Å². The highest BCUT2D eigenvalue weighted by Gasteiger charge is 2.13. The van der Waals surface area contributed by atoms with Crippen LogP contribution < -0.4 is 4.72 Å². The number of carboxylic acids is 1. The van der Waals surface area contributed by atoms with E-state index in [4.69, 9.17) is 5.11 Å². The van der Waals surface area contributed by atoms with E-state index in [2.05, 4.69) is 4.72 Å². The van der Waals surface area contributed by atoms with Crippen molar-refractivity contribution in [2.24, 2.45) is 0 Å². The molecule has 1 atom stereocenters. The first-order chi connectivity index (χ1) is 8.81. The molecule has 0 bridgehead atoms. The normalized spacial score (nSPS) is 13.1. The molecule has 1 rings (SSSR count). The van der Waals surface area contributed by atoms with Crippen molar-refractivity contribution in [3.8, 4) is 0 Å². The summed E-state index contributed by atoms with van der Waals surface area (Å²) in [5.74, 6) is -0.727. The van der Waals surface area contributed by atoms with Gasteiger partial charge in [0.2, 0.25) is 10.0 Å². The topological polar surface area (TPSA) is 101 Å². The Morgan fingerprint density at radius 3 is 2.37 bits per heavy atom. The monoisotopic (exact) mass is 305 g/mol. The van der Waals surface area contributed by atoms with Crippen molar-refractivity contribution in [2.45, 2.75) is 11.3 Å². The molecule has 0 heterocycles. The summed E-state index contributed by atoms with van der Waals surface area (Å²) in [5.41, 5.74) is 0.529. The maximum absolute atomic E-state index is 11.8. The van der Waals surface area contributed by atoms with Crippen LogP contribution in [0.15, 0.2) is 29.2 Å². The minimum atomic E-state index is -3.63. The van der Waals surface area contributed by atoms with Crippen molar-refractivity contribution in [3.63, 3.8) is 0 Å². The lowest BCUT2D eigenvalue weighted by molar-refractivity contribution is -0.136. The lowest BCUT2D eigenvalue weighted by Gasteiger charge is -2.06. The zero-order valence-electron chi connectivity index (χ0n) is 10.3. The molecule has 1 aromatic rings. The van der Waals surface area contributed by atoms with Crippen LogP contribution in [0.4, 0.5) is 0 Å². The number of carboxylic acid groups (broad SMARTS) is 1. The number of sulfonamides is 1. The molecule has 1 unspecified atom stereocenters. The molecule has 0 amide bonds. The quantitative estimate of drug-likeness (QED) is 0.737. The Hall–Kier alpha value is -1.25. The molecule has 1 aromatic carbocycles.